The number of aromatic nitrogens is 2. The molecule has 3 aromatic rings. The maximum Gasteiger partial charge on any atom is 0.171 e. The Labute approximate surface area is 199 Å². The first-order chi connectivity index (χ1) is 16.5. The zero-order valence-electron chi connectivity index (χ0n) is 19.8. The lowest BCUT2D eigenvalue weighted by Gasteiger charge is -2.42. The van der Waals surface area contributed by atoms with Crippen LogP contribution in [-0.4, -0.2) is 51.7 Å². The van der Waals surface area contributed by atoms with E-state index in [0.717, 1.165) is 59.1 Å². The van der Waals surface area contributed by atoms with Crippen LogP contribution in [0.25, 0.3) is 11.8 Å². The molecule has 1 saturated heterocycles. The van der Waals surface area contributed by atoms with Crippen molar-refractivity contribution < 1.29 is 14.7 Å². The van der Waals surface area contributed by atoms with Crippen molar-refractivity contribution in [3.8, 4) is 11.4 Å². The normalized spacial score (nSPS) is 19.9. The third-order valence-corrected chi connectivity index (χ3v) is 6.52. The second-order valence-electron chi connectivity index (χ2n) is 8.95. The minimum absolute atomic E-state index is 0.180. The fourth-order valence-corrected chi connectivity index (χ4v) is 4.68. The third-order valence-electron chi connectivity index (χ3n) is 6.52. The van der Waals surface area contributed by atoms with Gasteiger partial charge in [0.05, 0.1) is 30.9 Å². The third kappa shape index (κ3) is 4.31. The van der Waals surface area contributed by atoms with Gasteiger partial charge in [0.15, 0.2) is 5.84 Å². The van der Waals surface area contributed by atoms with Gasteiger partial charge in [-0.2, -0.15) is 0 Å². The molecule has 2 atom stereocenters. The summed E-state index contributed by atoms with van der Waals surface area (Å²) in [5.41, 5.74) is 6.08. The van der Waals surface area contributed by atoms with Crippen LogP contribution >= 0.6 is 0 Å². The van der Waals surface area contributed by atoms with E-state index in [1.807, 2.05) is 61.0 Å². The van der Waals surface area contributed by atoms with Gasteiger partial charge in [0.1, 0.15) is 18.5 Å². The number of nitrogens with zero attached hydrogens (tertiary/aromatic N) is 4. The van der Waals surface area contributed by atoms with Gasteiger partial charge in [0, 0.05) is 12.7 Å². The fraction of sp³-hybridized carbons (Fsp3) is 0.333. The Balaban J connectivity index is 1.42. The van der Waals surface area contributed by atoms with Crippen LogP contribution in [0.3, 0.4) is 0 Å². The number of fused-ring (bicyclic) bond motifs is 1. The van der Waals surface area contributed by atoms with E-state index in [4.69, 9.17) is 9.57 Å². The smallest absolute Gasteiger partial charge is 0.171 e. The molecule has 0 saturated carbocycles. The van der Waals surface area contributed by atoms with Gasteiger partial charge < -0.3 is 24.1 Å². The number of imidazole rings is 1. The lowest BCUT2D eigenvalue weighted by atomic mass is 9.94. The van der Waals surface area contributed by atoms with Crippen LogP contribution in [0.15, 0.2) is 65.7 Å². The molecule has 34 heavy (non-hydrogen) atoms. The summed E-state index contributed by atoms with van der Waals surface area (Å²) in [4.78, 5) is 12.1. The van der Waals surface area contributed by atoms with Crippen LogP contribution in [0.1, 0.15) is 41.3 Å². The molecule has 3 heterocycles. The van der Waals surface area contributed by atoms with Crippen molar-refractivity contribution >= 4 is 11.9 Å². The average molecular weight is 459 g/mol. The number of aliphatic hydroxyl groups excluding tert-OH is 1. The summed E-state index contributed by atoms with van der Waals surface area (Å²) in [6.45, 7) is 5.21. The molecule has 176 valence electrons. The van der Waals surface area contributed by atoms with Gasteiger partial charge in [-0.3, -0.25) is 0 Å². The quantitative estimate of drug-likeness (QED) is 0.613. The lowest BCUT2D eigenvalue weighted by molar-refractivity contribution is -0.00798. The van der Waals surface area contributed by atoms with E-state index in [2.05, 4.69) is 27.2 Å². The van der Waals surface area contributed by atoms with Gasteiger partial charge in [-0.1, -0.05) is 41.1 Å². The van der Waals surface area contributed by atoms with E-state index < -0.39 is 6.10 Å². The molecule has 1 aromatic heterocycles. The molecule has 0 spiro atoms. The summed E-state index contributed by atoms with van der Waals surface area (Å²) in [6, 6.07) is 14.0. The van der Waals surface area contributed by atoms with E-state index in [-0.39, 0.29) is 6.04 Å². The van der Waals surface area contributed by atoms with Gasteiger partial charge >= 0.3 is 0 Å². The summed E-state index contributed by atoms with van der Waals surface area (Å²) in [7, 11) is 1.68. The van der Waals surface area contributed by atoms with Crippen molar-refractivity contribution in [2.24, 2.45) is 5.16 Å². The van der Waals surface area contributed by atoms with Crippen molar-refractivity contribution in [1.82, 2.24) is 14.5 Å². The standard InChI is InChI=1S/C27H30N4O3/c1-18-6-9-21(10-7-18)26(32)24-16-34-29-27-22(5-4-12-31(24)27)13-20-8-11-23(25(14-20)33-3)30-15-19(2)28-17-30/h6-11,13-15,17,24,26,32H,4-5,12,16H2,1-3H3/b22-13+. The molecule has 0 aliphatic carbocycles. The summed E-state index contributed by atoms with van der Waals surface area (Å²) < 4.78 is 7.64. The molecule has 2 aromatic carbocycles. The van der Waals surface area contributed by atoms with E-state index in [0.29, 0.717) is 6.61 Å². The Morgan fingerprint density at radius 1 is 1.18 bits per heavy atom. The zero-order chi connectivity index (χ0) is 23.7. The Morgan fingerprint density at radius 3 is 2.74 bits per heavy atom. The van der Waals surface area contributed by atoms with Crippen molar-refractivity contribution in [2.75, 3.05) is 20.3 Å². The van der Waals surface area contributed by atoms with Crippen LogP contribution in [-0.2, 0) is 4.84 Å². The molecule has 0 amide bonds. The van der Waals surface area contributed by atoms with Gasteiger partial charge in [-0.05, 0) is 61.6 Å². The summed E-state index contributed by atoms with van der Waals surface area (Å²) in [5, 5.41) is 15.5. The van der Waals surface area contributed by atoms with E-state index in [9.17, 15) is 5.11 Å². The second-order valence-corrected chi connectivity index (χ2v) is 8.95. The van der Waals surface area contributed by atoms with Crippen molar-refractivity contribution in [3.63, 3.8) is 0 Å². The second kappa shape index (κ2) is 9.35. The number of oxime groups is 1. The number of aliphatic hydroxyl groups is 1. The number of rotatable bonds is 5. The molecule has 0 radical (unpaired) electrons. The Bertz CT molecular complexity index is 1230. The topological polar surface area (TPSA) is 72.1 Å². The van der Waals surface area contributed by atoms with E-state index >= 15 is 0 Å². The minimum atomic E-state index is -0.650. The number of hydrogen-bond donors (Lipinski definition) is 1. The molecule has 2 aliphatic heterocycles. The zero-order valence-corrected chi connectivity index (χ0v) is 19.8. The van der Waals surface area contributed by atoms with Crippen LogP contribution in [0.2, 0.25) is 0 Å². The molecular weight excluding hydrogens is 428 g/mol. The van der Waals surface area contributed by atoms with Gasteiger partial charge in [0.2, 0.25) is 0 Å². The molecule has 7 nitrogen and oxygen atoms in total. The van der Waals surface area contributed by atoms with Crippen LogP contribution in [0.4, 0.5) is 0 Å². The highest BCUT2D eigenvalue weighted by Crippen LogP contribution is 2.32. The van der Waals surface area contributed by atoms with Crippen LogP contribution in [0, 0.1) is 13.8 Å². The SMILES string of the molecule is COc1cc(/C=C2\CCCN3C2=NOCC3C(O)c2ccc(C)cc2)ccc1-n1cnc(C)c1. The van der Waals surface area contributed by atoms with Gasteiger partial charge in [0.25, 0.3) is 0 Å². The molecule has 5 rings (SSSR count). The highest BCUT2D eigenvalue weighted by atomic mass is 16.6. The highest BCUT2D eigenvalue weighted by molar-refractivity contribution is 6.03. The predicted octanol–water partition coefficient (Wildman–Crippen LogP) is 4.42. The highest BCUT2D eigenvalue weighted by Gasteiger charge is 2.36. The number of hydrogen-bond acceptors (Lipinski definition) is 6. The molecule has 1 fully saturated rings. The number of methoxy groups -OCH3 is 1. The predicted molar refractivity (Wildman–Crippen MR) is 132 cm³/mol. The molecule has 2 unspecified atom stereocenters. The van der Waals surface area contributed by atoms with Gasteiger partial charge in [-0.15, -0.1) is 0 Å². The molecule has 7 heteroatoms. The summed E-state index contributed by atoms with van der Waals surface area (Å²) in [6.07, 6.45) is 7.15. The average Bonchev–Trinajstić information content (AvgIpc) is 3.30. The first kappa shape index (κ1) is 22.2. The molecule has 1 N–H and O–H groups in total. The first-order valence-corrected chi connectivity index (χ1v) is 11.6. The number of aryl methyl sites for hydroxylation is 2. The maximum atomic E-state index is 11.1. The summed E-state index contributed by atoms with van der Waals surface area (Å²) >= 11 is 0. The lowest BCUT2D eigenvalue weighted by Crippen LogP contribution is -2.51. The number of benzene rings is 2. The van der Waals surface area contributed by atoms with Crippen LogP contribution < -0.4 is 4.74 Å². The largest absolute Gasteiger partial charge is 0.495 e. The minimum Gasteiger partial charge on any atom is -0.495 e. The Kier molecular flexibility index (Phi) is 6.11. The molecular formula is C27H30N4O3. The maximum absolute atomic E-state index is 11.1. The fourth-order valence-electron chi connectivity index (χ4n) is 4.68. The Hall–Kier alpha value is -3.58. The van der Waals surface area contributed by atoms with E-state index in [1.54, 1.807) is 13.4 Å². The van der Waals surface area contributed by atoms with Crippen molar-refractivity contribution in [2.45, 2.75) is 38.8 Å². The number of ether oxygens (including phenoxy) is 1. The van der Waals surface area contributed by atoms with Gasteiger partial charge in [-0.25, -0.2) is 4.98 Å². The van der Waals surface area contributed by atoms with E-state index in [1.165, 1.54) is 5.56 Å². The number of amidine groups is 1. The molecule has 0 bridgehead atoms. The van der Waals surface area contributed by atoms with Crippen LogP contribution in [0.5, 0.6) is 5.75 Å². The first-order valence-electron chi connectivity index (χ1n) is 11.6. The van der Waals surface area contributed by atoms with Crippen molar-refractivity contribution in [1.29, 1.82) is 0 Å². The van der Waals surface area contributed by atoms with Crippen molar-refractivity contribution in [3.05, 3.63) is 82.9 Å². The summed E-state index contributed by atoms with van der Waals surface area (Å²) in [5.74, 6) is 1.58. The monoisotopic (exact) mass is 458 g/mol. The Morgan fingerprint density at radius 2 is 2.00 bits per heavy atom. The number of piperidine rings is 1. The molecule has 2 aliphatic rings.